The van der Waals surface area contributed by atoms with Gasteiger partial charge in [-0.1, -0.05) is 18.2 Å². The summed E-state index contributed by atoms with van der Waals surface area (Å²) in [7, 11) is 1.63. The van der Waals surface area contributed by atoms with Crippen LogP contribution in [0.2, 0.25) is 0 Å². The first-order valence-electron chi connectivity index (χ1n) is 7.68. The minimum atomic E-state index is -0.165. The zero-order chi connectivity index (χ0) is 16.9. The van der Waals surface area contributed by atoms with Crippen molar-refractivity contribution in [3.05, 3.63) is 48.3 Å². The molecule has 1 aromatic carbocycles. The normalized spacial score (nSPS) is 18.9. The van der Waals surface area contributed by atoms with Crippen LogP contribution in [-0.2, 0) is 0 Å². The molecule has 1 aromatic heterocycles. The van der Waals surface area contributed by atoms with Gasteiger partial charge in [0, 0.05) is 17.8 Å². The molecule has 0 unspecified atom stereocenters. The van der Waals surface area contributed by atoms with E-state index >= 15 is 0 Å². The summed E-state index contributed by atoms with van der Waals surface area (Å²) in [5.41, 5.74) is 2.33. The van der Waals surface area contributed by atoms with Gasteiger partial charge in [-0.15, -0.1) is 0 Å². The van der Waals surface area contributed by atoms with E-state index in [1.54, 1.807) is 19.4 Å². The van der Waals surface area contributed by atoms with Crippen molar-refractivity contribution >= 4 is 23.3 Å². The number of hydrogen-bond acceptors (Lipinski definition) is 5. The van der Waals surface area contributed by atoms with E-state index in [4.69, 9.17) is 4.74 Å². The molecule has 2 aromatic rings. The summed E-state index contributed by atoms with van der Waals surface area (Å²) in [4.78, 5) is 20.5. The average molecular weight is 339 g/mol. The molecule has 6 heteroatoms. The van der Waals surface area contributed by atoms with Gasteiger partial charge in [0.05, 0.1) is 18.3 Å². The minimum Gasteiger partial charge on any atom is -0.497 e. The van der Waals surface area contributed by atoms with Crippen LogP contribution < -0.4 is 10.1 Å². The molecule has 0 aliphatic heterocycles. The maximum atomic E-state index is 12.2. The van der Waals surface area contributed by atoms with Crippen LogP contribution in [0.4, 0.5) is 0 Å². The molecular weight excluding hydrogens is 322 g/mol. The number of ether oxygens (including phenoxy) is 1. The fourth-order valence-electron chi connectivity index (χ4n) is 2.65. The molecule has 1 aliphatic rings. The predicted octanol–water partition coefficient (Wildman–Crippen LogP) is 3.12. The highest BCUT2D eigenvalue weighted by Gasteiger charge is 2.30. The molecule has 1 heterocycles. The average Bonchev–Trinajstić information content (AvgIpc) is 2.60. The molecule has 122 valence electrons. The molecule has 0 saturated heterocycles. The summed E-state index contributed by atoms with van der Waals surface area (Å²) in [6.07, 6.45) is 3.30. The van der Waals surface area contributed by atoms with E-state index in [0.29, 0.717) is 5.69 Å². The standard InChI is InChI=1S/C18H17N3O2S/c1-23-16-4-2-3-12(7-16)13-5-6-17(19-10-13)18(22)21-15-8-14(9-15)20-11-24/h2-7,10,14-15H,8-9H2,1H3,(H,21,22)/t14-,15+. The van der Waals surface area contributed by atoms with Gasteiger partial charge in [0.15, 0.2) is 0 Å². The Labute approximate surface area is 145 Å². The highest BCUT2D eigenvalue weighted by molar-refractivity contribution is 7.78. The molecule has 0 radical (unpaired) electrons. The van der Waals surface area contributed by atoms with Gasteiger partial charge in [0.1, 0.15) is 11.4 Å². The monoisotopic (exact) mass is 339 g/mol. The Morgan fingerprint density at radius 3 is 2.83 bits per heavy atom. The van der Waals surface area contributed by atoms with Gasteiger partial charge in [0.2, 0.25) is 0 Å². The van der Waals surface area contributed by atoms with Gasteiger partial charge >= 0.3 is 0 Å². The van der Waals surface area contributed by atoms with Crippen LogP contribution in [0.5, 0.6) is 5.75 Å². The Morgan fingerprint density at radius 1 is 1.33 bits per heavy atom. The lowest BCUT2D eigenvalue weighted by Crippen LogP contribution is -2.46. The number of amides is 1. The van der Waals surface area contributed by atoms with E-state index in [0.717, 1.165) is 29.7 Å². The van der Waals surface area contributed by atoms with Crippen LogP contribution in [0, 0.1) is 0 Å². The topological polar surface area (TPSA) is 63.6 Å². The number of nitrogens with zero attached hydrogens (tertiary/aromatic N) is 2. The Kier molecular flexibility index (Phi) is 4.99. The number of carbonyl (C=O) groups is 1. The van der Waals surface area contributed by atoms with Crippen LogP contribution in [0.25, 0.3) is 11.1 Å². The first-order chi connectivity index (χ1) is 11.7. The Bertz CT molecular complexity index is 779. The van der Waals surface area contributed by atoms with E-state index < -0.39 is 0 Å². The van der Waals surface area contributed by atoms with Crippen molar-refractivity contribution in [2.45, 2.75) is 24.9 Å². The number of pyridine rings is 1. The Hall–Kier alpha value is -2.56. The molecule has 1 aliphatic carbocycles. The molecule has 0 bridgehead atoms. The fourth-order valence-corrected chi connectivity index (χ4v) is 2.80. The lowest BCUT2D eigenvalue weighted by Gasteiger charge is -2.32. The summed E-state index contributed by atoms with van der Waals surface area (Å²) in [6.45, 7) is 0. The van der Waals surface area contributed by atoms with Gasteiger partial charge in [-0.05, 0) is 48.8 Å². The summed E-state index contributed by atoms with van der Waals surface area (Å²) in [5.74, 6) is 0.620. The number of methoxy groups -OCH3 is 1. The summed E-state index contributed by atoms with van der Waals surface area (Å²) >= 11 is 4.58. The number of aromatic nitrogens is 1. The van der Waals surface area contributed by atoms with Crippen molar-refractivity contribution in [2.24, 2.45) is 4.99 Å². The first kappa shape index (κ1) is 16.3. The fraction of sp³-hybridized carbons (Fsp3) is 0.278. The smallest absolute Gasteiger partial charge is 0.270 e. The lowest BCUT2D eigenvalue weighted by molar-refractivity contribution is 0.0905. The minimum absolute atomic E-state index is 0.134. The Balaban J connectivity index is 1.64. The third kappa shape index (κ3) is 3.67. The summed E-state index contributed by atoms with van der Waals surface area (Å²) < 4.78 is 5.22. The van der Waals surface area contributed by atoms with Gasteiger partial charge in [-0.3, -0.25) is 9.78 Å². The summed E-state index contributed by atoms with van der Waals surface area (Å²) in [6, 6.07) is 11.7. The van der Waals surface area contributed by atoms with E-state index in [1.165, 1.54) is 0 Å². The molecule has 3 rings (SSSR count). The Morgan fingerprint density at radius 2 is 2.17 bits per heavy atom. The van der Waals surface area contributed by atoms with Crippen LogP contribution >= 0.6 is 12.2 Å². The van der Waals surface area contributed by atoms with E-state index in [1.807, 2.05) is 30.3 Å². The number of isothiocyanates is 1. The van der Waals surface area contributed by atoms with Crippen LogP contribution in [0.3, 0.4) is 0 Å². The number of benzene rings is 1. The van der Waals surface area contributed by atoms with Crippen molar-refractivity contribution in [1.82, 2.24) is 10.3 Å². The van der Waals surface area contributed by atoms with Crippen molar-refractivity contribution in [3.63, 3.8) is 0 Å². The van der Waals surface area contributed by atoms with Gasteiger partial charge < -0.3 is 10.1 Å². The van der Waals surface area contributed by atoms with Gasteiger partial charge in [-0.25, -0.2) is 4.99 Å². The maximum absolute atomic E-state index is 12.2. The van der Waals surface area contributed by atoms with E-state index in [-0.39, 0.29) is 18.0 Å². The van der Waals surface area contributed by atoms with Gasteiger partial charge in [0.25, 0.3) is 5.91 Å². The number of aliphatic imine (C=N–C) groups is 1. The second kappa shape index (κ2) is 7.34. The van der Waals surface area contributed by atoms with E-state index in [9.17, 15) is 4.79 Å². The molecule has 0 spiro atoms. The van der Waals surface area contributed by atoms with Crippen molar-refractivity contribution in [1.29, 1.82) is 0 Å². The molecule has 24 heavy (non-hydrogen) atoms. The molecule has 1 N–H and O–H groups in total. The molecule has 1 amide bonds. The number of rotatable bonds is 5. The maximum Gasteiger partial charge on any atom is 0.270 e. The molecule has 0 atom stereocenters. The van der Waals surface area contributed by atoms with Crippen molar-refractivity contribution in [2.75, 3.05) is 7.11 Å². The molecule has 5 nitrogen and oxygen atoms in total. The number of hydrogen-bond donors (Lipinski definition) is 1. The van der Waals surface area contributed by atoms with Crippen LogP contribution in [-0.4, -0.2) is 35.2 Å². The van der Waals surface area contributed by atoms with Crippen molar-refractivity contribution in [3.8, 4) is 16.9 Å². The van der Waals surface area contributed by atoms with Gasteiger partial charge in [-0.2, -0.15) is 0 Å². The second-order valence-electron chi connectivity index (χ2n) is 5.68. The summed E-state index contributed by atoms with van der Waals surface area (Å²) in [5, 5.41) is 5.33. The zero-order valence-electron chi connectivity index (χ0n) is 13.2. The van der Waals surface area contributed by atoms with Crippen LogP contribution in [0.1, 0.15) is 23.3 Å². The number of thiocarbonyl (C=S) groups is 1. The lowest BCUT2D eigenvalue weighted by atomic mass is 9.87. The quantitative estimate of drug-likeness (QED) is 0.671. The van der Waals surface area contributed by atoms with E-state index in [2.05, 4.69) is 32.7 Å². The third-order valence-electron chi connectivity index (χ3n) is 4.08. The molecule has 1 saturated carbocycles. The second-order valence-corrected chi connectivity index (χ2v) is 5.86. The number of nitrogens with one attached hydrogen (secondary N) is 1. The largest absolute Gasteiger partial charge is 0.497 e. The predicted molar refractivity (Wildman–Crippen MR) is 95.5 cm³/mol. The highest BCUT2D eigenvalue weighted by atomic mass is 32.1. The van der Waals surface area contributed by atoms with Crippen LogP contribution in [0.15, 0.2) is 47.6 Å². The molecule has 1 fully saturated rings. The highest BCUT2D eigenvalue weighted by Crippen LogP contribution is 2.24. The zero-order valence-corrected chi connectivity index (χ0v) is 14.0. The first-order valence-corrected chi connectivity index (χ1v) is 8.08. The number of carbonyl (C=O) groups excluding carboxylic acids is 1. The SMILES string of the molecule is COc1cccc(-c2ccc(C(=O)N[C@H]3C[C@@H](N=C=S)C3)nc2)c1. The van der Waals surface area contributed by atoms with Crippen molar-refractivity contribution < 1.29 is 9.53 Å². The molecular formula is C18H17N3O2S. The third-order valence-corrected chi connectivity index (χ3v) is 4.19.